The molecule has 25 heavy (non-hydrogen) atoms. The summed E-state index contributed by atoms with van der Waals surface area (Å²) < 4.78 is 4.81. The highest BCUT2D eigenvalue weighted by atomic mass is 35.5. The second-order valence-electron chi connectivity index (χ2n) is 5.52. The van der Waals surface area contributed by atoms with Crippen molar-refractivity contribution in [3.63, 3.8) is 0 Å². The first-order valence-corrected chi connectivity index (χ1v) is 8.62. The minimum absolute atomic E-state index is 0.140. The van der Waals surface area contributed by atoms with Crippen LogP contribution in [0.5, 0.6) is 0 Å². The van der Waals surface area contributed by atoms with Gasteiger partial charge in [-0.2, -0.15) is 0 Å². The number of methoxy groups -OCH3 is 1. The van der Waals surface area contributed by atoms with Crippen molar-refractivity contribution in [1.82, 2.24) is 5.32 Å². The van der Waals surface area contributed by atoms with E-state index in [4.69, 9.17) is 27.9 Å². The van der Waals surface area contributed by atoms with Crippen LogP contribution in [0.1, 0.15) is 28.4 Å². The summed E-state index contributed by atoms with van der Waals surface area (Å²) in [7, 11) is 1.28. The summed E-state index contributed by atoms with van der Waals surface area (Å²) >= 11 is 12.1. The molecule has 2 aromatic rings. The molecule has 0 aliphatic rings. The van der Waals surface area contributed by atoms with Crippen LogP contribution in [-0.4, -0.2) is 25.0 Å². The predicted molar refractivity (Wildman–Crippen MR) is 99.3 cm³/mol. The van der Waals surface area contributed by atoms with E-state index in [0.29, 0.717) is 6.42 Å². The van der Waals surface area contributed by atoms with Gasteiger partial charge < -0.3 is 10.1 Å². The molecule has 0 radical (unpaired) electrons. The SMILES string of the molecule is CCc1ccc(C[C@H](NC(=O)c2c(Cl)cccc2Cl)C(=O)OC)cc1. The molecule has 0 saturated carbocycles. The van der Waals surface area contributed by atoms with Gasteiger partial charge in [0.05, 0.1) is 22.7 Å². The Labute approximate surface area is 157 Å². The van der Waals surface area contributed by atoms with E-state index < -0.39 is 17.9 Å². The zero-order chi connectivity index (χ0) is 18.4. The summed E-state index contributed by atoms with van der Waals surface area (Å²) in [5.41, 5.74) is 2.25. The molecule has 4 nitrogen and oxygen atoms in total. The highest BCUT2D eigenvalue weighted by Gasteiger charge is 2.24. The maximum Gasteiger partial charge on any atom is 0.328 e. The number of carbonyl (C=O) groups is 2. The summed E-state index contributed by atoms with van der Waals surface area (Å²) in [6, 6.07) is 11.8. The smallest absolute Gasteiger partial charge is 0.328 e. The van der Waals surface area contributed by atoms with E-state index in [9.17, 15) is 9.59 Å². The molecule has 132 valence electrons. The molecule has 0 unspecified atom stereocenters. The van der Waals surface area contributed by atoms with E-state index in [1.165, 1.54) is 12.7 Å². The van der Waals surface area contributed by atoms with Gasteiger partial charge in [-0.15, -0.1) is 0 Å². The molecule has 0 aliphatic heterocycles. The van der Waals surface area contributed by atoms with Crippen LogP contribution in [-0.2, 0) is 22.4 Å². The van der Waals surface area contributed by atoms with Crippen molar-refractivity contribution in [3.8, 4) is 0 Å². The minimum Gasteiger partial charge on any atom is -0.467 e. The van der Waals surface area contributed by atoms with Crippen LogP contribution < -0.4 is 5.32 Å². The fraction of sp³-hybridized carbons (Fsp3) is 0.263. The molecule has 1 amide bonds. The largest absolute Gasteiger partial charge is 0.467 e. The van der Waals surface area contributed by atoms with Gasteiger partial charge in [0.2, 0.25) is 0 Å². The number of nitrogens with one attached hydrogen (secondary N) is 1. The quantitative estimate of drug-likeness (QED) is 0.769. The van der Waals surface area contributed by atoms with Gasteiger partial charge in [-0.05, 0) is 29.7 Å². The fourth-order valence-electron chi connectivity index (χ4n) is 2.43. The Hall–Kier alpha value is -2.04. The molecule has 2 aromatic carbocycles. The molecule has 2 rings (SSSR count). The lowest BCUT2D eigenvalue weighted by Crippen LogP contribution is -2.43. The second kappa shape index (κ2) is 8.88. The van der Waals surface area contributed by atoms with Crippen LogP contribution in [0.4, 0.5) is 0 Å². The van der Waals surface area contributed by atoms with Crippen molar-refractivity contribution in [2.45, 2.75) is 25.8 Å². The summed E-state index contributed by atoms with van der Waals surface area (Å²) in [5.74, 6) is -1.05. The third-order valence-corrected chi connectivity index (χ3v) is 4.48. The first kappa shape index (κ1) is 19.3. The fourth-order valence-corrected chi connectivity index (χ4v) is 3.00. The maximum absolute atomic E-state index is 12.5. The number of rotatable bonds is 6. The number of carbonyl (C=O) groups excluding carboxylic acids is 2. The lowest BCUT2D eigenvalue weighted by Gasteiger charge is -2.17. The molecular formula is C19H19Cl2NO3. The lowest BCUT2D eigenvalue weighted by molar-refractivity contribution is -0.142. The van der Waals surface area contributed by atoms with Crippen molar-refractivity contribution >= 4 is 35.1 Å². The number of hydrogen-bond donors (Lipinski definition) is 1. The summed E-state index contributed by atoms with van der Waals surface area (Å²) in [6.45, 7) is 2.07. The molecule has 0 aromatic heterocycles. The molecule has 0 heterocycles. The van der Waals surface area contributed by atoms with Crippen molar-refractivity contribution in [2.75, 3.05) is 7.11 Å². The topological polar surface area (TPSA) is 55.4 Å². The number of hydrogen-bond acceptors (Lipinski definition) is 3. The Balaban J connectivity index is 2.19. The van der Waals surface area contributed by atoms with Gasteiger partial charge in [0.25, 0.3) is 5.91 Å². The van der Waals surface area contributed by atoms with Gasteiger partial charge in [-0.3, -0.25) is 4.79 Å². The zero-order valence-corrected chi connectivity index (χ0v) is 15.5. The molecule has 0 saturated heterocycles. The second-order valence-corrected chi connectivity index (χ2v) is 6.33. The number of aryl methyl sites for hydroxylation is 1. The van der Waals surface area contributed by atoms with Gasteiger partial charge in [0.1, 0.15) is 6.04 Å². The summed E-state index contributed by atoms with van der Waals surface area (Å²) in [6.07, 6.45) is 1.24. The first-order valence-electron chi connectivity index (χ1n) is 7.86. The number of halogens is 2. The van der Waals surface area contributed by atoms with Crippen molar-refractivity contribution in [2.24, 2.45) is 0 Å². The molecule has 0 aliphatic carbocycles. The van der Waals surface area contributed by atoms with Gasteiger partial charge in [-0.25, -0.2) is 4.79 Å². The van der Waals surface area contributed by atoms with E-state index in [0.717, 1.165) is 12.0 Å². The Morgan fingerprint density at radius 3 is 2.12 bits per heavy atom. The highest BCUT2D eigenvalue weighted by Crippen LogP contribution is 2.24. The van der Waals surface area contributed by atoms with E-state index in [2.05, 4.69) is 12.2 Å². The number of esters is 1. The van der Waals surface area contributed by atoms with Crippen LogP contribution in [0.25, 0.3) is 0 Å². The van der Waals surface area contributed by atoms with Crippen LogP contribution >= 0.6 is 23.2 Å². The number of amides is 1. The highest BCUT2D eigenvalue weighted by molar-refractivity contribution is 6.39. The average Bonchev–Trinajstić information content (AvgIpc) is 2.61. The van der Waals surface area contributed by atoms with E-state index in [-0.39, 0.29) is 15.6 Å². The monoisotopic (exact) mass is 379 g/mol. The van der Waals surface area contributed by atoms with Gasteiger partial charge in [0.15, 0.2) is 0 Å². The van der Waals surface area contributed by atoms with Gasteiger partial charge in [0, 0.05) is 6.42 Å². The number of benzene rings is 2. The molecule has 1 atom stereocenters. The summed E-state index contributed by atoms with van der Waals surface area (Å²) in [4.78, 5) is 24.6. The van der Waals surface area contributed by atoms with E-state index in [1.807, 2.05) is 24.3 Å². The van der Waals surface area contributed by atoms with E-state index in [1.54, 1.807) is 18.2 Å². The van der Waals surface area contributed by atoms with Crippen LogP contribution in [0, 0.1) is 0 Å². The zero-order valence-electron chi connectivity index (χ0n) is 14.0. The Kier molecular flexibility index (Phi) is 6.85. The predicted octanol–water partition coefficient (Wildman–Crippen LogP) is 4.07. The molecule has 1 N–H and O–H groups in total. The average molecular weight is 380 g/mol. The minimum atomic E-state index is -0.836. The van der Waals surface area contributed by atoms with Crippen LogP contribution in [0.2, 0.25) is 10.0 Å². The molecule has 0 spiro atoms. The third-order valence-electron chi connectivity index (χ3n) is 3.85. The normalized spacial score (nSPS) is 11.7. The molecular weight excluding hydrogens is 361 g/mol. The first-order chi connectivity index (χ1) is 12.0. The lowest BCUT2D eigenvalue weighted by atomic mass is 10.0. The maximum atomic E-state index is 12.5. The van der Waals surface area contributed by atoms with Gasteiger partial charge >= 0.3 is 5.97 Å². The van der Waals surface area contributed by atoms with Crippen molar-refractivity contribution < 1.29 is 14.3 Å². The Morgan fingerprint density at radius 2 is 1.60 bits per heavy atom. The van der Waals surface area contributed by atoms with E-state index >= 15 is 0 Å². The third kappa shape index (κ3) is 4.97. The van der Waals surface area contributed by atoms with Crippen LogP contribution in [0.3, 0.4) is 0 Å². The molecule has 6 heteroatoms. The molecule has 0 fully saturated rings. The number of ether oxygens (including phenoxy) is 1. The van der Waals surface area contributed by atoms with Crippen LogP contribution in [0.15, 0.2) is 42.5 Å². The van der Waals surface area contributed by atoms with Crippen molar-refractivity contribution in [1.29, 1.82) is 0 Å². The Morgan fingerprint density at radius 1 is 1.04 bits per heavy atom. The van der Waals surface area contributed by atoms with Gasteiger partial charge in [-0.1, -0.05) is 60.5 Å². The summed E-state index contributed by atoms with van der Waals surface area (Å²) in [5, 5.41) is 3.11. The standard InChI is InChI=1S/C19H19Cl2NO3/c1-3-12-7-9-13(10-8-12)11-16(19(24)25-2)22-18(23)17-14(20)5-4-6-15(17)21/h4-10,16H,3,11H2,1-2H3,(H,22,23)/t16-/m0/s1. The van der Waals surface area contributed by atoms with Crippen molar-refractivity contribution in [3.05, 3.63) is 69.2 Å². The molecule has 0 bridgehead atoms. The Bertz CT molecular complexity index is 740.